The predicted octanol–water partition coefficient (Wildman–Crippen LogP) is 1.06. The van der Waals surface area contributed by atoms with Crippen LogP contribution in [0.4, 0.5) is 0 Å². The number of carbonyl (C=O) groups is 1. The third kappa shape index (κ3) is 3.42. The second-order valence-corrected chi connectivity index (χ2v) is 2.82. The van der Waals surface area contributed by atoms with E-state index in [1.807, 2.05) is 6.92 Å². The average molecular weight is 231 g/mol. The maximum Gasteiger partial charge on any atom is 0.248 e. The molecule has 0 heterocycles. The van der Waals surface area contributed by atoms with E-state index in [0.717, 1.165) is 5.56 Å². The van der Waals surface area contributed by atoms with E-state index in [2.05, 4.69) is 0 Å². The molecular formula is C10H15ClN2O2. The van der Waals surface area contributed by atoms with Crippen LogP contribution in [0.5, 0.6) is 5.75 Å². The molecule has 1 aromatic rings. The molecule has 1 aromatic carbocycles. The van der Waals surface area contributed by atoms with Crippen molar-refractivity contribution in [3.63, 3.8) is 0 Å². The fourth-order valence-corrected chi connectivity index (χ4v) is 1.19. The molecule has 0 aliphatic heterocycles. The first-order chi connectivity index (χ1) is 6.69. The Kier molecular flexibility index (Phi) is 5.74. The summed E-state index contributed by atoms with van der Waals surface area (Å²) < 4.78 is 5.33. The van der Waals surface area contributed by atoms with E-state index in [-0.39, 0.29) is 12.4 Å². The molecule has 0 aromatic heterocycles. The minimum absolute atomic E-state index is 0. The molecule has 0 saturated heterocycles. The van der Waals surface area contributed by atoms with E-state index in [1.165, 1.54) is 0 Å². The van der Waals surface area contributed by atoms with Gasteiger partial charge >= 0.3 is 0 Å². The average Bonchev–Trinajstić information content (AvgIpc) is 2.18. The summed E-state index contributed by atoms with van der Waals surface area (Å²) in [5.41, 5.74) is 11.9. The molecule has 4 N–H and O–H groups in total. The number of nitrogens with two attached hydrogens (primary N) is 2. The number of amides is 1. The molecule has 0 unspecified atom stereocenters. The Bertz CT molecular complexity index is 342. The highest BCUT2D eigenvalue weighted by Crippen LogP contribution is 2.19. The number of hydrogen-bond donors (Lipinski definition) is 2. The zero-order valence-electron chi connectivity index (χ0n) is 8.53. The van der Waals surface area contributed by atoms with Gasteiger partial charge in [-0.1, -0.05) is 0 Å². The van der Waals surface area contributed by atoms with Gasteiger partial charge in [-0.2, -0.15) is 0 Å². The topological polar surface area (TPSA) is 78.3 Å². The number of benzene rings is 1. The lowest BCUT2D eigenvalue weighted by Crippen LogP contribution is -2.12. The van der Waals surface area contributed by atoms with Crippen LogP contribution in [-0.4, -0.2) is 12.5 Å². The lowest BCUT2D eigenvalue weighted by molar-refractivity contribution is 0.1000. The molecule has 0 fully saturated rings. The smallest absolute Gasteiger partial charge is 0.248 e. The fraction of sp³-hybridized carbons (Fsp3) is 0.300. The van der Waals surface area contributed by atoms with Crippen molar-refractivity contribution in [2.45, 2.75) is 13.5 Å². The summed E-state index contributed by atoms with van der Waals surface area (Å²) in [6.45, 7) is 2.79. The Balaban J connectivity index is 0.00000196. The molecule has 0 aliphatic carbocycles. The molecule has 0 atom stereocenters. The second kappa shape index (κ2) is 6.27. The van der Waals surface area contributed by atoms with Gasteiger partial charge in [0.2, 0.25) is 5.91 Å². The lowest BCUT2D eigenvalue weighted by Gasteiger charge is -2.09. The first-order valence-corrected chi connectivity index (χ1v) is 4.44. The van der Waals surface area contributed by atoms with Crippen molar-refractivity contribution in [1.82, 2.24) is 0 Å². The van der Waals surface area contributed by atoms with Crippen LogP contribution >= 0.6 is 12.4 Å². The van der Waals surface area contributed by atoms with Crippen molar-refractivity contribution in [2.75, 3.05) is 6.61 Å². The first-order valence-electron chi connectivity index (χ1n) is 4.44. The fourth-order valence-electron chi connectivity index (χ4n) is 1.19. The normalized spacial score (nSPS) is 9.20. The lowest BCUT2D eigenvalue weighted by atomic mass is 10.1. The number of rotatable bonds is 4. The van der Waals surface area contributed by atoms with E-state index < -0.39 is 5.91 Å². The molecule has 4 nitrogen and oxygen atoms in total. The SMILES string of the molecule is CCOc1ccc(C(N)=O)cc1CN.Cl. The van der Waals surface area contributed by atoms with Gasteiger partial charge in [0.05, 0.1) is 6.61 Å². The predicted molar refractivity (Wildman–Crippen MR) is 61.3 cm³/mol. The van der Waals surface area contributed by atoms with Crippen molar-refractivity contribution in [3.05, 3.63) is 29.3 Å². The molecule has 1 rings (SSSR count). The highest BCUT2D eigenvalue weighted by atomic mass is 35.5. The van der Waals surface area contributed by atoms with Crippen LogP contribution in [0.3, 0.4) is 0 Å². The van der Waals surface area contributed by atoms with Crippen molar-refractivity contribution in [3.8, 4) is 5.75 Å². The van der Waals surface area contributed by atoms with Gasteiger partial charge in [-0.05, 0) is 25.1 Å². The number of primary amides is 1. The summed E-state index contributed by atoms with van der Waals surface area (Å²) in [7, 11) is 0. The van der Waals surface area contributed by atoms with Gasteiger partial charge < -0.3 is 16.2 Å². The molecule has 15 heavy (non-hydrogen) atoms. The Morgan fingerprint density at radius 2 is 2.13 bits per heavy atom. The van der Waals surface area contributed by atoms with E-state index in [0.29, 0.717) is 24.5 Å². The summed E-state index contributed by atoms with van der Waals surface area (Å²) in [5.74, 6) is 0.253. The summed E-state index contributed by atoms with van der Waals surface area (Å²) >= 11 is 0. The monoisotopic (exact) mass is 230 g/mol. The van der Waals surface area contributed by atoms with Crippen molar-refractivity contribution < 1.29 is 9.53 Å². The minimum Gasteiger partial charge on any atom is -0.494 e. The van der Waals surface area contributed by atoms with Gasteiger partial charge in [0.1, 0.15) is 5.75 Å². The quantitative estimate of drug-likeness (QED) is 0.812. The minimum atomic E-state index is -0.456. The zero-order chi connectivity index (χ0) is 10.6. The number of hydrogen-bond acceptors (Lipinski definition) is 3. The van der Waals surface area contributed by atoms with E-state index in [9.17, 15) is 4.79 Å². The molecule has 0 radical (unpaired) electrons. The van der Waals surface area contributed by atoms with Gasteiger partial charge in [-0.3, -0.25) is 4.79 Å². The maximum absolute atomic E-state index is 10.9. The van der Waals surface area contributed by atoms with Crippen LogP contribution in [0.2, 0.25) is 0 Å². The van der Waals surface area contributed by atoms with Crippen LogP contribution in [-0.2, 0) is 6.54 Å². The summed E-state index contributed by atoms with van der Waals surface area (Å²) in [5, 5.41) is 0. The third-order valence-corrected chi connectivity index (χ3v) is 1.86. The Morgan fingerprint density at radius 3 is 2.60 bits per heavy atom. The van der Waals surface area contributed by atoms with Gasteiger partial charge in [0.25, 0.3) is 0 Å². The van der Waals surface area contributed by atoms with E-state index in [4.69, 9.17) is 16.2 Å². The Morgan fingerprint density at radius 1 is 1.47 bits per heavy atom. The molecule has 1 amide bonds. The highest BCUT2D eigenvalue weighted by Gasteiger charge is 2.06. The van der Waals surface area contributed by atoms with E-state index >= 15 is 0 Å². The Labute approximate surface area is 95.0 Å². The summed E-state index contributed by atoms with van der Waals surface area (Å²) in [6, 6.07) is 5.01. The molecule has 0 bridgehead atoms. The molecular weight excluding hydrogens is 216 g/mol. The largest absolute Gasteiger partial charge is 0.494 e. The van der Waals surface area contributed by atoms with Gasteiger partial charge in [0, 0.05) is 17.7 Å². The van der Waals surface area contributed by atoms with Crippen LogP contribution in [0, 0.1) is 0 Å². The van der Waals surface area contributed by atoms with Gasteiger partial charge in [-0.15, -0.1) is 12.4 Å². The number of ether oxygens (including phenoxy) is 1. The first kappa shape index (κ1) is 13.7. The molecule has 5 heteroatoms. The zero-order valence-corrected chi connectivity index (χ0v) is 9.34. The molecule has 0 aliphatic rings. The standard InChI is InChI=1S/C10H14N2O2.ClH/c1-2-14-9-4-3-7(10(12)13)5-8(9)6-11;/h3-5H,2,6,11H2,1H3,(H2,12,13);1H. The van der Waals surface area contributed by atoms with Gasteiger partial charge in [0.15, 0.2) is 0 Å². The van der Waals surface area contributed by atoms with Crippen LogP contribution in [0.1, 0.15) is 22.8 Å². The molecule has 0 saturated carbocycles. The number of carbonyl (C=O) groups excluding carboxylic acids is 1. The summed E-state index contributed by atoms with van der Waals surface area (Å²) in [4.78, 5) is 10.9. The van der Waals surface area contributed by atoms with Gasteiger partial charge in [-0.25, -0.2) is 0 Å². The summed E-state index contributed by atoms with van der Waals surface area (Å²) in [6.07, 6.45) is 0. The van der Waals surface area contributed by atoms with Crippen molar-refractivity contribution in [2.24, 2.45) is 11.5 Å². The highest BCUT2D eigenvalue weighted by molar-refractivity contribution is 5.93. The second-order valence-electron chi connectivity index (χ2n) is 2.82. The van der Waals surface area contributed by atoms with Crippen LogP contribution in [0.25, 0.3) is 0 Å². The Hall–Kier alpha value is -1.26. The molecule has 84 valence electrons. The van der Waals surface area contributed by atoms with Crippen molar-refractivity contribution >= 4 is 18.3 Å². The van der Waals surface area contributed by atoms with Crippen molar-refractivity contribution in [1.29, 1.82) is 0 Å². The van der Waals surface area contributed by atoms with E-state index in [1.54, 1.807) is 18.2 Å². The molecule has 0 spiro atoms. The number of halogens is 1. The third-order valence-electron chi connectivity index (χ3n) is 1.86. The maximum atomic E-state index is 10.9. The van der Waals surface area contributed by atoms with Crippen LogP contribution in [0.15, 0.2) is 18.2 Å². The van der Waals surface area contributed by atoms with Crippen LogP contribution < -0.4 is 16.2 Å².